The zero-order valence-corrected chi connectivity index (χ0v) is 14.1. The van der Waals surface area contributed by atoms with Crippen LogP contribution in [-0.2, 0) is 4.57 Å². The summed E-state index contributed by atoms with van der Waals surface area (Å²) in [5, 5.41) is 22.2. The van der Waals surface area contributed by atoms with Gasteiger partial charge in [0.2, 0.25) is 0 Å². The molecule has 0 aliphatic heterocycles. The van der Waals surface area contributed by atoms with Crippen molar-refractivity contribution >= 4 is 17.8 Å². The molecule has 2 rings (SSSR count). The van der Waals surface area contributed by atoms with E-state index in [0.29, 0.717) is 17.0 Å². The van der Waals surface area contributed by atoms with E-state index in [1.165, 1.54) is 6.08 Å². The minimum Gasteiger partial charge on any atom is -0.392 e. The van der Waals surface area contributed by atoms with Crippen LogP contribution in [-0.4, -0.2) is 28.1 Å². The maximum absolute atomic E-state index is 14.1. The number of aliphatic hydroxyl groups is 2. The molecule has 0 saturated carbocycles. The van der Waals surface area contributed by atoms with Crippen LogP contribution in [0.4, 0.5) is 0 Å². The molecule has 2 N–H and O–H groups in total. The SMILES string of the molecule is C=C[C@H](O)[C@H]([C@@H](O)CC)P(=O)(c1ccccc1)c1ccccc1. The van der Waals surface area contributed by atoms with E-state index in [0.717, 1.165) is 0 Å². The molecule has 0 aliphatic carbocycles. The van der Waals surface area contributed by atoms with Crippen LogP contribution >= 0.6 is 7.14 Å². The van der Waals surface area contributed by atoms with Crippen LogP contribution in [0.25, 0.3) is 0 Å². The van der Waals surface area contributed by atoms with Gasteiger partial charge in [0.15, 0.2) is 7.14 Å². The average Bonchev–Trinajstić information content (AvgIpc) is 2.62. The third-order valence-electron chi connectivity index (χ3n) is 4.10. The van der Waals surface area contributed by atoms with Gasteiger partial charge in [-0.2, -0.15) is 0 Å². The molecule has 4 heteroatoms. The van der Waals surface area contributed by atoms with E-state index in [2.05, 4.69) is 6.58 Å². The summed E-state index contributed by atoms with van der Waals surface area (Å²) in [5.74, 6) is 0. The molecule has 0 bridgehead atoms. The van der Waals surface area contributed by atoms with Crippen molar-refractivity contribution < 1.29 is 14.8 Å². The summed E-state index contributed by atoms with van der Waals surface area (Å²) in [6.45, 7) is 5.43. The number of hydrogen-bond acceptors (Lipinski definition) is 3. The van der Waals surface area contributed by atoms with Crippen LogP contribution in [0.2, 0.25) is 0 Å². The standard InChI is InChI=1S/C19H23O3P/c1-3-17(20)19(18(21)4-2)23(22,15-11-7-5-8-12-15)16-13-9-6-10-14-16/h3,5-14,17-21H,1,4H2,2H3/t17-,18-,19+/m0/s1. The normalized spacial score (nSPS) is 15.6. The van der Waals surface area contributed by atoms with Crippen LogP contribution < -0.4 is 10.6 Å². The lowest BCUT2D eigenvalue weighted by Crippen LogP contribution is -2.41. The number of aliphatic hydroxyl groups excluding tert-OH is 2. The highest BCUT2D eigenvalue weighted by Gasteiger charge is 2.43. The zero-order chi connectivity index (χ0) is 16.9. The third kappa shape index (κ3) is 3.48. The molecule has 3 atom stereocenters. The fourth-order valence-electron chi connectivity index (χ4n) is 2.86. The van der Waals surface area contributed by atoms with E-state index in [9.17, 15) is 14.8 Å². The van der Waals surface area contributed by atoms with Crippen molar-refractivity contribution in [3.8, 4) is 0 Å². The highest BCUT2D eigenvalue weighted by atomic mass is 31.2. The van der Waals surface area contributed by atoms with Crippen molar-refractivity contribution in [2.45, 2.75) is 31.2 Å². The summed E-state index contributed by atoms with van der Waals surface area (Å²) in [4.78, 5) is 0. The number of hydrogen-bond donors (Lipinski definition) is 2. The first-order valence-electron chi connectivity index (χ1n) is 7.75. The summed E-state index contributed by atoms with van der Waals surface area (Å²) in [5.41, 5.74) is -0.824. The Morgan fingerprint density at radius 3 is 1.78 bits per heavy atom. The van der Waals surface area contributed by atoms with Gasteiger partial charge in [-0.15, -0.1) is 6.58 Å². The second-order valence-corrected chi connectivity index (χ2v) is 8.47. The molecule has 23 heavy (non-hydrogen) atoms. The monoisotopic (exact) mass is 330 g/mol. The molecule has 0 amide bonds. The molecular weight excluding hydrogens is 307 g/mol. The van der Waals surface area contributed by atoms with Gasteiger partial charge in [-0.3, -0.25) is 0 Å². The van der Waals surface area contributed by atoms with Gasteiger partial charge in [0.25, 0.3) is 0 Å². The molecule has 2 aromatic carbocycles. The van der Waals surface area contributed by atoms with Crippen LogP contribution in [0.15, 0.2) is 73.3 Å². The second kappa shape index (κ2) is 7.74. The maximum Gasteiger partial charge on any atom is 0.151 e. The van der Waals surface area contributed by atoms with Gasteiger partial charge < -0.3 is 14.8 Å². The Kier molecular flexibility index (Phi) is 5.95. The van der Waals surface area contributed by atoms with Crippen LogP contribution in [0, 0.1) is 0 Å². The smallest absolute Gasteiger partial charge is 0.151 e. The molecule has 2 aromatic rings. The Morgan fingerprint density at radius 2 is 1.43 bits per heavy atom. The molecule has 122 valence electrons. The molecular formula is C19H23O3P. The van der Waals surface area contributed by atoms with Gasteiger partial charge in [0.1, 0.15) is 0 Å². The lowest BCUT2D eigenvalue weighted by molar-refractivity contribution is 0.106. The summed E-state index contributed by atoms with van der Waals surface area (Å²) in [6, 6.07) is 18.2. The van der Waals surface area contributed by atoms with Gasteiger partial charge >= 0.3 is 0 Å². The minimum atomic E-state index is -3.25. The fraction of sp³-hybridized carbons (Fsp3) is 0.263. The van der Waals surface area contributed by atoms with Crippen molar-refractivity contribution in [2.75, 3.05) is 0 Å². The summed E-state index contributed by atoms with van der Waals surface area (Å²) < 4.78 is 14.1. The first kappa shape index (κ1) is 17.7. The Labute approximate surface area is 137 Å². The molecule has 0 saturated heterocycles. The van der Waals surface area contributed by atoms with Crippen molar-refractivity contribution in [3.63, 3.8) is 0 Å². The quantitative estimate of drug-likeness (QED) is 0.606. The Morgan fingerprint density at radius 1 is 1.00 bits per heavy atom. The molecule has 0 fully saturated rings. The summed E-state index contributed by atoms with van der Waals surface area (Å²) in [6.07, 6.45) is -0.202. The van der Waals surface area contributed by atoms with E-state index in [-0.39, 0.29) is 0 Å². The largest absolute Gasteiger partial charge is 0.392 e. The van der Waals surface area contributed by atoms with Crippen LogP contribution in [0.1, 0.15) is 13.3 Å². The molecule has 0 spiro atoms. The van der Waals surface area contributed by atoms with Gasteiger partial charge in [0.05, 0.1) is 17.9 Å². The van der Waals surface area contributed by atoms with Crippen molar-refractivity contribution in [3.05, 3.63) is 73.3 Å². The average molecular weight is 330 g/mol. The van der Waals surface area contributed by atoms with Gasteiger partial charge in [-0.05, 0) is 6.42 Å². The maximum atomic E-state index is 14.1. The lowest BCUT2D eigenvalue weighted by atomic mass is 10.1. The Balaban J connectivity index is 2.71. The summed E-state index contributed by atoms with van der Waals surface area (Å²) in [7, 11) is -3.25. The van der Waals surface area contributed by atoms with E-state index in [1.54, 1.807) is 24.3 Å². The first-order chi connectivity index (χ1) is 11.1. The van der Waals surface area contributed by atoms with Crippen molar-refractivity contribution in [1.82, 2.24) is 0 Å². The highest BCUT2D eigenvalue weighted by molar-refractivity contribution is 7.79. The molecule has 0 aromatic heterocycles. The van der Waals surface area contributed by atoms with Crippen LogP contribution in [0.5, 0.6) is 0 Å². The molecule has 0 aliphatic rings. The Bertz CT molecular complexity index is 626. The highest BCUT2D eigenvalue weighted by Crippen LogP contribution is 2.51. The third-order valence-corrected chi connectivity index (χ3v) is 7.72. The van der Waals surface area contributed by atoms with Gasteiger partial charge in [-0.1, -0.05) is 73.7 Å². The minimum absolute atomic E-state index is 0.402. The van der Waals surface area contributed by atoms with E-state index in [1.807, 2.05) is 43.3 Å². The van der Waals surface area contributed by atoms with Crippen LogP contribution in [0.3, 0.4) is 0 Å². The number of rotatable bonds is 7. The second-order valence-electron chi connectivity index (χ2n) is 5.52. The van der Waals surface area contributed by atoms with E-state index in [4.69, 9.17) is 0 Å². The fourth-order valence-corrected chi connectivity index (χ4v) is 6.32. The molecule has 0 unspecified atom stereocenters. The van der Waals surface area contributed by atoms with Crippen molar-refractivity contribution in [2.24, 2.45) is 0 Å². The van der Waals surface area contributed by atoms with Gasteiger partial charge in [-0.25, -0.2) is 0 Å². The predicted octanol–water partition coefficient (Wildman–Crippen LogP) is 2.69. The van der Waals surface area contributed by atoms with Gasteiger partial charge in [0, 0.05) is 10.6 Å². The first-order valence-corrected chi connectivity index (χ1v) is 9.53. The molecule has 0 heterocycles. The van der Waals surface area contributed by atoms with E-state index >= 15 is 0 Å². The Hall–Kier alpha value is -1.67. The lowest BCUT2D eigenvalue weighted by Gasteiger charge is -2.34. The zero-order valence-electron chi connectivity index (χ0n) is 13.2. The predicted molar refractivity (Wildman–Crippen MR) is 96.0 cm³/mol. The topological polar surface area (TPSA) is 57.5 Å². The summed E-state index contributed by atoms with van der Waals surface area (Å²) >= 11 is 0. The molecule has 0 radical (unpaired) electrons. The number of benzene rings is 2. The molecule has 3 nitrogen and oxygen atoms in total. The van der Waals surface area contributed by atoms with E-state index < -0.39 is 25.0 Å². The van der Waals surface area contributed by atoms with Crippen molar-refractivity contribution in [1.29, 1.82) is 0 Å².